The summed E-state index contributed by atoms with van der Waals surface area (Å²) in [4.78, 5) is 30.2. The van der Waals surface area contributed by atoms with Gasteiger partial charge in [0.05, 0.1) is 0 Å². The molecule has 1 aliphatic rings. The molecule has 2 N–H and O–H groups in total. The lowest BCUT2D eigenvalue weighted by molar-refractivity contribution is -0.127. The Morgan fingerprint density at radius 2 is 2.35 bits per heavy atom. The van der Waals surface area contributed by atoms with Crippen molar-refractivity contribution in [1.82, 2.24) is 15.2 Å². The van der Waals surface area contributed by atoms with Gasteiger partial charge in [0.25, 0.3) is 5.91 Å². The van der Waals surface area contributed by atoms with Gasteiger partial charge in [0.15, 0.2) is 0 Å². The van der Waals surface area contributed by atoms with Gasteiger partial charge in [0.2, 0.25) is 5.91 Å². The van der Waals surface area contributed by atoms with E-state index >= 15 is 0 Å². The van der Waals surface area contributed by atoms with Crippen molar-refractivity contribution in [1.29, 1.82) is 0 Å². The van der Waals surface area contributed by atoms with Crippen LogP contribution in [-0.2, 0) is 4.79 Å². The largest absolute Gasteiger partial charge is 0.370 e. The summed E-state index contributed by atoms with van der Waals surface area (Å²) in [5.74, 6) is 0.481. The van der Waals surface area contributed by atoms with Crippen LogP contribution in [0.3, 0.4) is 0 Å². The Hall–Kier alpha value is -2.11. The minimum atomic E-state index is -0.382. The van der Waals surface area contributed by atoms with E-state index in [2.05, 4.69) is 15.6 Å². The summed E-state index contributed by atoms with van der Waals surface area (Å²) in [6.07, 6.45) is 2.22. The minimum absolute atomic E-state index is 0.0759. The number of aromatic nitrogens is 1. The molecule has 2 amide bonds. The van der Waals surface area contributed by atoms with E-state index in [1.54, 1.807) is 23.2 Å². The van der Waals surface area contributed by atoms with Crippen molar-refractivity contribution in [3.05, 3.63) is 23.9 Å². The van der Waals surface area contributed by atoms with Gasteiger partial charge in [-0.1, -0.05) is 6.92 Å². The molecule has 108 valence electrons. The maximum Gasteiger partial charge on any atom is 0.254 e. The first kappa shape index (κ1) is 14.3. The molecule has 0 bridgehead atoms. The van der Waals surface area contributed by atoms with Crippen molar-refractivity contribution in [3.63, 3.8) is 0 Å². The average Bonchev–Trinajstić information content (AvgIpc) is 2.47. The van der Waals surface area contributed by atoms with Gasteiger partial charge < -0.3 is 15.5 Å². The maximum atomic E-state index is 12.6. The molecule has 1 saturated heterocycles. The zero-order valence-corrected chi connectivity index (χ0v) is 11.8. The summed E-state index contributed by atoms with van der Waals surface area (Å²) in [7, 11) is 0. The molecule has 1 aromatic rings. The van der Waals surface area contributed by atoms with Gasteiger partial charge in [-0.3, -0.25) is 9.59 Å². The summed E-state index contributed by atoms with van der Waals surface area (Å²) < 4.78 is 0. The summed E-state index contributed by atoms with van der Waals surface area (Å²) in [6, 6.07) is 3.03. The van der Waals surface area contributed by atoms with Gasteiger partial charge in [0.1, 0.15) is 11.9 Å². The van der Waals surface area contributed by atoms with E-state index in [-0.39, 0.29) is 17.9 Å². The Morgan fingerprint density at radius 1 is 1.55 bits per heavy atom. The number of piperazine rings is 1. The first-order valence-electron chi connectivity index (χ1n) is 6.96. The molecular weight excluding hydrogens is 256 g/mol. The quantitative estimate of drug-likeness (QED) is 0.855. The van der Waals surface area contributed by atoms with Crippen molar-refractivity contribution in [2.24, 2.45) is 0 Å². The molecule has 0 saturated carbocycles. The number of hydrogen-bond acceptors (Lipinski definition) is 4. The van der Waals surface area contributed by atoms with Gasteiger partial charge in [-0.25, -0.2) is 4.98 Å². The molecule has 6 heteroatoms. The second kappa shape index (κ2) is 6.36. The molecule has 1 fully saturated rings. The Bertz CT molecular complexity index is 504. The van der Waals surface area contributed by atoms with E-state index in [1.807, 2.05) is 13.8 Å². The SMILES string of the molecule is CCNc1cc(C(=O)N2CCNC(=O)C2CC)ccn1. The second-order valence-corrected chi connectivity index (χ2v) is 4.67. The lowest BCUT2D eigenvalue weighted by atomic mass is 10.1. The monoisotopic (exact) mass is 276 g/mol. The Morgan fingerprint density at radius 3 is 3.05 bits per heavy atom. The minimum Gasteiger partial charge on any atom is -0.370 e. The average molecular weight is 276 g/mol. The number of anilines is 1. The molecule has 20 heavy (non-hydrogen) atoms. The molecule has 0 aliphatic carbocycles. The Labute approximate surface area is 118 Å². The predicted molar refractivity (Wildman–Crippen MR) is 76.5 cm³/mol. The number of carbonyl (C=O) groups is 2. The first-order valence-corrected chi connectivity index (χ1v) is 6.96. The fourth-order valence-corrected chi connectivity index (χ4v) is 2.37. The fourth-order valence-electron chi connectivity index (χ4n) is 2.37. The third-order valence-corrected chi connectivity index (χ3v) is 3.34. The van der Waals surface area contributed by atoms with Crippen LogP contribution in [0.25, 0.3) is 0 Å². The molecule has 6 nitrogen and oxygen atoms in total. The van der Waals surface area contributed by atoms with Crippen LogP contribution in [0.1, 0.15) is 30.6 Å². The Kier molecular flexibility index (Phi) is 4.55. The number of hydrogen-bond donors (Lipinski definition) is 2. The summed E-state index contributed by atoms with van der Waals surface area (Å²) in [5, 5.41) is 5.87. The van der Waals surface area contributed by atoms with Crippen LogP contribution in [0.5, 0.6) is 0 Å². The molecule has 1 atom stereocenters. The lowest BCUT2D eigenvalue weighted by Gasteiger charge is -2.34. The standard InChI is InChI=1S/C14H20N4O2/c1-3-11-13(19)17-7-8-18(11)14(20)10-5-6-16-12(9-10)15-4-2/h5-6,9,11H,3-4,7-8H2,1-2H3,(H,15,16)(H,17,19). The molecule has 0 radical (unpaired) electrons. The van der Waals surface area contributed by atoms with E-state index < -0.39 is 0 Å². The Balaban J connectivity index is 2.21. The van der Waals surface area contributed by atoms with Gasteiger partial charge in [-0.05, 0) is 25.5 Å². The van der Waals surface area contributed by atoms with Gasteiger partial charge in [-0.15, -0.1) is 0 Å². The topological polar surface area (TPSA) is 74.3 Å². The zero-order valence-electron chi connectivity index (χ0n) is 11.8. The summed E-state index contributed by atoms with van der Waals surface area (Å²) in [6.45, 7) is 5.67. The molecule has 2 rings (SSSR count). The van der Waals surface area contributed by atoms with E-state index in [4.69, 9.17) is 0 Å². The van der Waals surface area contributed by atoms with E-state index in [0.29, 0.717) is 30.9 Å². The van der Waals surface area contributed by atoms with E-state index in [1.165, 1.54) is 0 Å². The normalized spacial score (nSPS) is 18.6. The van der Waals surface area contributed by atoms with Crippen molar-refractivity contribution in [3.8, 4) is 0 Å². The summed E-state index contributed by atoms with van der Waals surface area (Å²) in [5.41, 5.74) is 0.559. The molecular formula is C14H20N4O2. The van der Waals surface area contributed by atoms with E-state index in [9.17, 15) is 9.59 Å². The van der Waals surface area contributed by atoms with Crippen LogP contribution in [0, 0.1) is 0 Å². The second-order valence-electron chi connectivity index (χ2n) is 4.67. The third kappa shape index (κ3) is 2.89. The van der Waals surface area contributed by atoms with Crippen molar-refractivity contribution < 1.29 is 9.59 Å². The molecule has 1 unspecified atom stereocenters. The molecule has 0 spiro atoms. The zero-order chi connectivity index (χ0) is 14.5. The van der Waals surface area contributed by atoms with Crippen LogP contribution in [0.2, 0.25) is 0 Å². The number of nitrogens with one attached hydrogen (secondary N) is 2. The van der Waals surface area contributed by atoms with Gasteiger partial charge >= 0.3 is 0 Å². The maximum absolute atomic E-state index is 12.6. The molecule has 2 heterocycles. The molecule has 1 aliphatic heterocycles. The van der Waals surface area contributed by atoms with Crippen LogP contribution in [-0.4, -0.2) is 47.4 Å². The smallest absolute Gasteiger partial charge is 0.254 e. The van der Waals surface area contributed by atoms with Crippen LogP contribution in [0.15, 0.2) is 18.3 Å². The van der Waals surface area contributed by atoms with Crippen LogP contribution in [0.4, 0.5) is 5.82 Å². The predicted octanol–water partition coefficient (Wildman–Crippen LogP) is 0.864. The van der Waals surface area contributed by atoms with Crippen LogP contribution < -0.4 is 10.6 Å². The number of rotatable bonds is 4. The first-order chi connectivity index (χ1) is 9.67. The van der Waals surface area contributed by atoms with Crippen molar-refractivity contribution in [2.45, 2.75) is 26.3 Å². The highest BCUT2D eigenvalue weighted by molar-refractivity contribution is 5.98. The summed E-state index contributed by atoms with van der Waals surface area (Å²) >= 11 is 0. The van der Waals surface area contributed by atoms with Gasteiger partial charge in [0, 0.05) is 31.4 Å². The highest BCUT2D eigenvalue weighted by Crippen LogP contribution is 2.15. The van der Waals surface area contributed by atoms with E-state index in [0.717, 1.165) is 6.54 Å². The molecule has 0 aromatic carbocycles. The molecule has 1 aromatic heterocycles. The fraction of sp³-hybridized carbons (Fsp3) is 0.500. The number of nitrogens with zero attached hydrogens (tertiary/aromatic N) is 2. The highest BCUT2D eigenvalue weighted by atomic mass is 16.2. The lowest BCUT2D eigenvalue weighted by Crippen LogP contribution is -2.56. The van der Waals surface area contributed by atoms with Crippen molar-refractivity contribution >= 4 is 17.6 Å². The van der Waals surface area contributed by atoms with Gasteiger partial charge in [-0.2, -0.15) is 0 Å². The number of carbonyl (C=O) groups excluding carboxylic acids is 2. The van der Waals surface area contributed by atoms with Crippen LogP contribution >= 0.6 is 0 Å². The number of amides is 2. The highest BCUT2D eigenvalue weighted by Gasteiger charge is 2.32. The third-order valence-electron chi connectivity index (χ3n) is 3.34. The van der Waals surface area contributed by atoms with Crippen molar-refractivity contribution in [2.75, 3.05) is 25.0 Å². The number of pyridine rings is 1.